The lowest BCUT2D eigenvalue weighted by Crippen LogP contribution is -2.17. The van der Waals surface area contributed by atoms with Crippen LogP contribution in [-0.2, 0) is 4.74 Å². The summed E-state index contributed by atoms with van der Waals surface area (Å²) < 4.78 is 5.58. The topological polar surface area (TPSA) is 9.23 Å². The normalized spacial score (nSPS) is 25.7. The van der Waals surface area contributed by atoms with Gasteiger partial charge in [0, 0.05) is 13.2 Å². The second kappa shape index (κ2) is 10.2. The highest BCUT2D eigenvalue weighted by molar-refractivity contribution is 5.09. The monoisotopic (exact) mass is 280 g/mol. The van der Waals surface area contributed by atoms with Crippen LogP contribution in [0.15, 0.2) is 24.3 Å². The van der Waals surface area contributed by atoms with E-state index in [1.165, 1.54) is 24.0 Å². The molecule has 0 radical (unpaired) electrons. The summed E-state index contributed by atoms with van der Waals surface area (Å²) in [6.07, 6.45) is 3.54. The van der Waals surface area contributed by atoms with E-state index in [0.717, 1.165) is 31.5 Å². The van der Waals surface area contributed by atoms with E-state index in [1.54, 1.807) is 0 Å². The molecule has 1 fully saturated rings. The average Bonchev–Trinajstić information content (AvgIpc) is 2.64. The van der Waals surface area contributed by atoms with Gasteiger partial charge in [0.25, 0.3) is 0 Å². The number of ether oxygens (including phenoxy) is 1. The van der Waals surface area contributed by atoms with Crippen LogP contribution in [0.1, 0.15) is 60.8 Å². The van der Waals surface area contributed by atoms with Crippen LogP contribution >= 0.6 is 0 Å². The van der Waals surface area contributed by atoms with Gasteiger partial charge in [-0.3, -0.25) is 0 Å². The van der Waals surface area contributed by atoms with Gasteiger partial charge in [-0.15, -0.1) is 0 Å². The minimum Gasteiger partial charge on any atom is -0.381 e. The molecule has 20 heavy (non-hydrogen) atoms. The molecule has 0 aromatic heterocycles. The van der Waals surface area contributed by atoms with Crippen LogP contribution in [0.5, 0.6) is 0 Å². The number of rotatable bonds is 5. The van der Waals surface area contributed by atoms with Crippen LogP contribution in [0.4, 0.5) is 0 Å². The fourth-order valence-corrected chi connectivity index (χ4v) is 2.73. The van der Waals surface area contributed by atoms with Gasteiger partial charge in [-0.05, 0) is 49.9 Å². The maximum Gasteiger partial charge on any atom is 0.0468 e. The molecular weight excluding hydrogens is 244 g/mol. The third kappa shape index (κ3) is 6.26. The molecular formula is C19H36O. The summed E-state index contributed by atoms with van der Waals surface area (Å²) in [7, 11) is 0. The van der Waals surface area contributed by atoms with Gasteiger partial charge >= 0.3 is 0 Å². The first kappa shape index (κ1) is 19.4. The van der Waals surface area contributed by atoms with Gasteiger partial charge in [0.05, 0.1) is 0 Å². The first-order chi connectivity index (χ1) is 9.43. The highest BCUT2D eigenvalue weighted by atomic mass is 16.5. The molecule has 1 heteroatoms. The Morgan fingerprint density at radius 2 is 1.65 bits per heavy atom. The molecule has 4 atom stereocenters. The molecule has 1 nitrogen and oxygen atoms in total. The largest absolute Gasteiger partial charge is 0.381 e. The summed E-state index contributed by atoms with van der Waals surface area (Å²) in [6.45, 7) is 23.3. The molecule has 1 saturated heterocycles. The van der Waals surface area contributed by atoms with Crippen molar-refractivity contribution in [2.45, 2.75) is 60.8 Å². The highest BCUT2D eigenvalue weighted by Gasteiger charge is 2.24. The van der Waals surface area contributed by atoms with Crippen molar-refractivity contribution >= 4 is 0 Å². The summed E-state index contributed by atoms with van der Waals surface area (Å²) in [5.74, 6) is 2.59. The van der Waals surface area contributed by atoms with Gasteiger partial charge in [0.2, 0.25) is 0 Å². The Kier molecular flexibility index (Phi) is 9.92. The summed E-state index contributed by atoms with van der Waals surface area (Å²) in [6, 6.07) is 0. The first-order valence-electron chi connectivity index (χ1n) is 8.34. The van der Waals surface area contributed by atoms with E-state index in [2.05, 4.69) is 40.9 Å². The molecule has 4 unspecified atom stereocenters. The fourth-order valence-electron chi connectivity index (χ4n) is 2.73. The lowest BCUT2D eigenvalue weighted by Gasteiger charge is -2.27. The van der Waals surface area contributed by atoms with Crippen molar-refractivity contribution in [3.05, 3.63) is 24.3 Å². The van der Waals surface area contributed by atoms with Gasteiger partial charge in [0.1, 0.15) is 0 Å². The highest BCUT2D eigenvalue weighted by Crippen LogP contribution is 2.33. The SMILES string of the molecule is C=C(C)C(C)C(C)C(=C)CC1CCOCCC1C.CC. The van der Waals surface area contributed by atoms with Gasteiger partial charge in [-0.25, -0.2) is 0 Å². The van der Waals surface area contributed by atoms with E-state index < -0.39 is 0 Å². The van der Waals surface area contributed by atoms with E-state index in [-0.39, 0.29) is 0 Å². The summed E-state index contributed by atoms with van der Waals surface area (Å²) in [5.41, 5.74) is 2.66. The van der Waals surface area contributed by atoms with Crippen molar-refractivity contribution in [3.8, 4) is 0 Å². The van der Waals surface area contributed by atoms with Crippen molar-refractivity contribution in [2.75, 3.05) is 13.2 Å². The summed E-state index contributed by atoms with van der Waals surface area (Å²) in [4.78, 5) is 0. The minimum atomic E-state index is 0.537. The van der Waals surface area contributed by atoms with Crippen LogP contribution in [0.2, 0.25) is 0 Å². The second-order valence-electron chi connectivity index (χ2n) is 6.21. The third-order valence-corrected chi connectivity index (χ3v) is 4.85. The molecule has 1 aliphatic rings. The van der Waals surface area contributed by atoms with Crippen LogP contribution < -0.4 is 0 Å². The number of hydrogen-bond acceptors (Lipinski definition) is 1. The predicted octanol–water partition coefficient (Wildman–Crippen LogP) is 5.87. The number of hydrogen-bond donors (Lipinski definition) is 0. The standard InChI is InChI=1S/C17H30O.C2H6/c1-12(2)15(5)16(6)14(4)11-17-8-10-18-9-7-13(17)3;1-2/h13,15-17H,1,4,7-11H2,2-3,5-6H3;1-2H3. The van der Waals surface area contributed by atoms with Crippen molar-refractivity contribution in [1.29, 1.82) is 0 Å². The fraction of sp³-hybridized carbons (Fsp3) is 0.789. The smallest absolute Gasteiger partial charge is 0.0468 e. The van der Waals surface area contributed by atoms with E-state index in [1.807, 2.05) is 13.8 Å². The molecule has 1 heterocycles. The Balaban J connectivity index is 0.00000172. The number of allylic oxidation sites excluding steroid dienone is 2. The maximum atomic E-state index is 5.58. The zero-order valence-electron chi connectivity index (χ0n) is 14.7. The lowest BCUT2D eigenvalue weighted by molar-refractivity contribution is 0.140. The molecule has 0 spiro atoms. The molecule has 0 aromatic carbocycles. The van der Waals surface area contributed by atoms with E-state index >= 15 is 0 Å². The first-order valence-corrected chi connectivity index (χ1v) is 8.34. The van der Waals surface area contributed by atoms with Gasteiger partial charge < -0.3 is 4.74 Å². The quantitative estimate of drug-likeness (QED) is 0.572. The molecule has 0 amide bonds. The van der Waals surface area contributed by atoms with Crippen molar-refractivity contribution in [3.63, 3.8) is 0 Å². The zero-order chi connectivity index (χ0) is 15.7. The Bertz CT molecular complexity index is 292. The van der Waals surface area contributed by atoms with Crippen LogP contribution in [0.3, 0.4) is 0 Å². The molecule has 1 aliphatic heterocycles. The van der Waals surface area contributed by atoms with Crippen molar-refractivity contribution in [1.82, 2.24) is 0 Å². The molecule has 0 saturated carbocycles. The molecule has 0 aliphatic carbocycles. The minimum absolute atomic E-state index is 0.537. The molecule has 118 valence electrons. The van der Waals surface area contributed by atoms with Crippen LogP contribution in [-0.4, -0.2) is 13.2 Å². The Labute approximate surface area is 127 Å². The zero-order valence-corrected chi connectivity index (χ0v) is 14.7. The Hall–Kier alpha value is -0.560. The van der Waals surface area contributed by atoms with Gasteiger partial charge in [0.15, 0.2) is 0 Å². The van der Waals surface area contributed by atoms with Crippen LogP contribution in [0.25, 0.3) is 0 Å². The molecule has 0 N–H and O–H groups in total. The maximum absolute atomic E-state index is 5.58. The second-order valence-corrected chi connectivity index (χ2v) is 6.21. The average molecular weight is 280 g/mol. The van der Waals surface area contributed by atoms with Crippen molar-refractivity contribution < 1.29 is 4.74 Å². The van der Waals surface area contributed by atoms with E-state index in [4.69, 9.17) is 4.74 Å². The summed E-state index contributed by atoms with van der Waals surface area (Å²) >= 11 is 0. The van der Waals surface area contributed by atoms with E-state index in [9.17, 15) is 0 Å². The summed E-state index contributed by atoms with van der Waals surface area (Å²) in [5, 5.41) is 0. The lowest BCUT2D eigenvalue weighted by atomic mass is 9.78. The molecule has 1 rings (SSSR count). The molecule has 0 aromatic rings. The van der Waals surface area contributed by atoms with Gasteiger partial charge in [-0.1, -0.05) is 58.9 Å². The van der Waals surface area contributed by atoms with E-state index in [0.29, 0.717) is 11.8 Å². The third-order valence-electron chi connectivity index (χ3n) is 4.85. The Morgan fingerprint density at radius 3 is 2.20 bits per heavy atom. The van der Waals surface area contributed by atoms with Crippen molar-refractivity contribution in [2.24, 2.45) is 23.7 Å². The predicted molar refractivity (Wildman–Crippen MR) is 91.0 cm³/mol. The molecule has 0 bridgehead atoms. The van der Waals surface area contributed by atoms with Gasteiger partial charge in [-0.2, -0.15) is 0 Å². The Morgan fingerprint density at radius 1 is 1.10 bits per heavy atom. The van der Waals surface area contributed by atoms with Crippen LogP contribution in [0, 0.1) is 23.7 Å².